The molecular formula is C21H23NO2. The fourth-order valence-electron chi connectivity index (χ4n) is 2.82. The second-order valence-corrected chi connectivity index (χ2v) is 5.51. The summed E-state index contributed by atoms with van der Waals surface area (Å²) in [6.07, 6.45) is 0. The van der Waals surface area contributed by atoms with Crippen molar-refractivity contribution in [2.75, 3.05) is 18.5 Å². The van der Waals surface area contributed by atoms with Gasteiger partial charge in [-0.25, -0.2) is 0 Å². The molecule has 3 nitrogen and oxygen atoms in total. The van der Waals surface area contributed by atoms with Crippen LogP contribution in [0.2, 0.25) is 0 Å². The van der Waals surface area contributed by atoms with E-state index in [9.17, 15) is 0 Å². The summed E-state index contributed by atoms with van der Waals surface area (Å²) >= 11 is 0. The maximum Gasteiger partial charge on any atom is 0.124 e. The number of anilines is 1. The number of ether oxygens (including phenoxy) is 2. The van der Waals surface area contributed by atoms with E-state index in [4.69, 9.17) is 9.47 Å². The first kappa shape index (κ1) is 16.2. The van der Waals surface area contributed by atoms with Gasteiger partial charge >= 0.3 is 0 Å². The first-order valence-electron chi connectivity index (χ1n) is 8.42. The molecule has 0 bridgehead atoms. The smallest absolute Gasteiger partial charge is 0.124 e. The van der Waals surface area contributed by atoms with E-state index in [1.807, 2.05) is 38.1 Å². The lowest BCUT2D eigenvalue weighted by Gasteiger charge is -2.15. The number of rotatable bonds is 7. The first-order chi connectivity index (χ1) is 11.8. The van der Waals surface area contributed by atoms with E-state index in [-0.39, 0.29) is 0 Å². The predicted octanol–water partition coefficient (Wildman–Crippen LogP) is 5.25. The molecule has 0 fully saturated rings. The van der Waals surface area contributed by atoms with Gasteiger partial charge < -0.3 is 14.8 Å². The molecule has 124 valence electrons. The molecule has 1 N–H and O–H groups in total. The second kappa shape index (κ2) is 7.73. The van der Waals surface area contributed by atoms with E-state index in [1.165, 1.54) is 16.3 Å². The fraction of sp³-hybridized carbons (Fsp3) is 0.238. The normalized spacial score (nSPS) is 10.6. The first-order valence-corrected chi connectivity index (χ1v) is 8.42. The second-order valence-electron chi connectivity index (χ2n) is 5.51. The molecule has 0 heterocycles. The van der Waals surface area contributed by atoms with Gasteiger partial charge in [0.2, 0.25) is 0 Å². The Hall–Kier alpha value is -2.68. The average molecular weight is 321 g/mol. The summed E-state index contributed by atoms with van der Waals surface area (Å²) in [7, 11) is 0. The van der Waals surface area contributed by atoms with Gasteiger partial charge in [-0.1, -0.05) is 30.3 Å². The highest BCUT2D eigenvalue weighted by Gasteiger charge is 2.08. The van der Waals surface area contributed by atoms with Gasteiger partial charge in [-0.3, -0.25) is 0 Å². The highest BCUT2D eigenvalue weighted by molar-refractivity contribution is 5.88. The maximum absolute atomic E-state index is 5.82. The van der Waals surface area contributed by atoms with Crippen LogP contribution in [0.1, 0.15) is 19.4 Å². The van der Waals surface area contributed by atoms with Crippen LogP contribution in [-0.4, -0.2) is 13.2 Å². The van der Waals surface area contributed by atoms with Gasteiger partial charge in [0.05, 0.1) is 13.2 Å². The molecule has 24 heavy (non-hydrogen) atoms. The van der Waals surface area contributed by atoms with Crippen LogP contribution in [0, 0.1) is 0 Å². The lowest BCUT2D eigenvalue weighted by molar-refractivity contribution is 0.337. The average Bonchev–Trinajstić information content (AvgIpc) is 2.62. The third-order valence-electron chi connectivity index (χ3n) is 3.93. The molecular weight excluding hydrogens is 298 g/mol. The highest BCUT2D eigenvalue weighted by Crippen LogP contribution is 2.29. The lowest BCUT2D eigenvalue weighted by Crippen LogP contribution is -2.04. The topological polar surface area (TPSA) is 30.5 Å². The van der Waals surface area contributed by atoms with Crippen molar-refractivity contribution < 1.29 is 9.47 Å². The molecule has 3 aromatic rings. The summed E-state index contributed by atoms with van der Waals surface area (Å²) in [4.78, 5) is 0. The molecule has 3 aromatic carbocycles. The molecule has 0 atom stereocenters. The van der Waals surface area contributed by atoms with Crippen molar-refractivity contribution in [3.05, 3.63) is 66.2 Å². The minimum atomic E-state index is 0.661. The summed E-state index contributed by atoms with van der Waals surface area (Å²) in [6, 6.07) is 20.6. The number of nitrogens with one attached hydrogen (secondary N) is 1. The third-order valence-corrected chi connectivity index (χ3v) is 3.93. The predicted molar refractivity (Wildman–Crippen MR) is 100 cm³/mol. The highest BCUT2D eigenvalue weighted by atomic mass is 16.5. The molecule has 0 spiro atoms. The molecule has 0 saturated heterocycles. The van der Waals surface area contributed by atoms with Gasteiger partial charge in [0.25, 0.3) is 0 Å². The zero-order chi connectivity index (χ0) is 16.8. The van der Waals surface area contributed by atoms with Gasteiger partial charge in [0.15, 0.2) is 0 Å². The van der Waals surface area contributed by atoms with E-state index in [0.29, 0.717) is 19.8 Å². The molecule has 0 unspecified atom stereocenters. The summed E-state index contributed by atoms with van der Waals surface area (Å²) in [5.74, 6) is 1.83. The van der Waals surface area contributed by atoms with Crippen LogP contribution in [0.3, 0.4) is 0 Å². The van der Waals surface area contributed by atoms with Gasteiger partial charge in [0, 0.05) is 17.8 Å². The van der Waals surface area contributed by atoms with Crippen LogP contribution < -0.4 is 14.8 Å². The van der Waals surface area contributed by atoms with Crippen molar-refractivity contribution in [3.8, 4) is 11.5 Å². The zero-order valence-corrected chi connectivity index (χ0v) is 14.2. The van der Waals surface area contributed by atoms with Gasteiger partial charge in [-0.05, 0) is 55.0 Å². The molecule has 0 aliphatic heterocycles. The van der Waals surface area contributed by atoms with Crippen molar-refractivity contribution >= 4 is 16.5 Å². The van der Waals surface area contributed by atoms with Crippen LogP contribution in [0.4, 0.5) is 5.69 Å². The van der Waals surface area contributed by atoms with Crippen molar-refractivity contribution in [3.63, 3.8) is 0 Å². The van der Waals surface area contributed by atoms with Crippen molar-refractivity contribution in [2.45, 2.75) is 20.4 Å². The summed E-state index contributed by atoms with van der Waals surface area (Å²) in [6.45, 7) is 6.06. The number of hydrogen-bond donors (Lipinski definition) is 1. The van der Waals surface area contributed by atoms with Crippen LogP contribution in [-0.2, 0) is 6.54 Å². The van der Waals surface area contributed by atoms with Gasteiger partial charge in [-0.15, -0.1) is 0 Å². The minimum absolute atomic E-state index is 0.661. The van der Waals surface area contributed by atoms with Crippen LogP contribution in [0.5, 0.6) is 11.5 Å². The largest absolute Gasteiger partial charge is 0.494 e. The van der Waals surface area contributed by atoms with Crippen molar-refractivity contribution in [2.24, 2.45) is 0 Å². The Bertz CT molecular complexity index is 797. The van der Waals surface area contributed by atoms with Crippen LogP contribution in [0.25, 0.3) is 10.8 Å². The zero-order valence-electron chi connectivity index (χ0n) is 14.2. The minimum Gasteiger partial charge on any atom is -0.494 e. The molecule has 3 heteroatoms. The summed E-state index contributed by atoms with van der Waals surface area (Å²) in [5.41, 5.74) is 2.25. The molecule has 3 rings (SSSR count). The lowest BCUT2D eigenvalue weighted by atomic mass is 10.0. The Morgan fingerprint density at radius 2 is 1.54 bits per heavy atom. The third kappa shape index (κ3) is 3.62. The molecule has 0 saturated carbocycles. The number of hydrogen-bond acceptors (Lipinski definition) is 3. The van der Waals surface area contributed by atoms with Crippen molar-refractivity contribution in [1.29, 1.82) is 0 Å². The van der Waals surface area contributed by atoms with Crippen molar-refractivity contribution in [1.82, 2.24) is 0 Å². The number of benzene rings is 3. The summed E-state index contributed by atoms with van der Waals surface area (Å²) in [5, 5.41) is 5.94. The molecule has 0 amide bonds. The van der Waals surface area contributed by atoms with E-state index in [2.05, 4.69) is 41.7 Å². The molecule has 0 radical (unpaired) electrons. The Labute approximate surface area is 143 Å². The number of fused-ring (bicyclic) bond motifs is 1. The van der Waals surface area contributed by atoms with Crippen LogP contribution >= 0.6 is 0 Å². The quantitative estimate of drug-likeness (QED) is 0.645. The Morgan fingerprint density at radius 3 is 2.29 bits per heavy atom. The Kier molecular flexibility index (Phi) is 5.22. The Morgan fingerprint density at radius 1 is 0.792 bits per heavy atom. The van der Waals surface area contributed by atoms with E-state index < -0.39 is 0 Å². The van der Waals surface area contributed by atoms with E-state index >= 15 is 0 Å². The van der Waals surface area contributed by atoms with E-state index in [1.54, 1.807) is 0 Å². The maximum atomic E-state index is 5.82. The standard InChI is InChI=1S/C21H23NO2/c1-3-23-18-12-10-17(11-13-18)22-15-20-19-8-6-5-7-16(19)9-14-21(20)24-4-2/h5-14,22H,3-4,15H2,1-2H3. The summed E-state index contributed by atoms with van der Waals surface area (Å²) < 4.78 is 11.3. The Balaban J connectivity index is 1.84. The van der Waals surface area contributed by atoms with E-state index in [0.717, 1.165) is 17.2 Å². The fourth-order valence-corrected chi connectivity index (χ4v) is 2.82. The van der Waals surface area contributed by atoms with Gasteiger partial charge in [0.1, 0.15) is 11.5 Å². The molecule has 0 aromatic heterocycles. The molecule has 0 aliphatic rings. The SMILES string of the molecule is CCOc1ccc(NCc2c(OCC)ccc3ccccc23)cc1. The monoisotopic (exact) mass is 321 g/mol. The molecule has 0 aliphatic carbocycles. The van der Waals surface area contributed by atoms with Gasteiger partial charge in [-0.2, -0.15) is 0 Å². The van der Waals surface area contributed by atoms with Crippen LogP contribution in [0.15, 0.2) is 60.7 Å².